The molecule has 0 heterocycles. The fourth-order valence-corrected chi connectivity index (χ4v) is 1.85. The third-order valence-corrected chi connectivity index (χ3v) is 2.89. The SMILES string of the molecule is Cc1cccc(C(=O)NCCCCI)c1. The molecule has 2 nitrogen and oxygen atoms in total. The molecule has 0 saturated heterocycles. The summed E-state index contributed by atoms with van der Waals surface area (Å²) in [6, 6.07) is 7.66. The normalized spacial score (nSPS) is 10.0. The van der Waals surface area contributed by atoms with E-state index in [-0.39, 0.29) is 5.91 Å². The van der Waals surface area contributed by atoms with Gasteiger partial charge in [-0.2, -0.15) is 0 Å². The van der Waals surface area contributed by atoms with Crippen molar-refractivity contribution in [3.05, 3.63) is 35.4 Å². The minimum atomic E-state index is 0.0344. The Balaban J connectivity index is 2.40. The van der Waals surface area contributed by atoms with Crippen LogP contribution in [0.15, 0.2) is 24.3 Å². The van der Waals surface area contributed by atoms with E-state index in [9.17, 15) is 4.79 Å². The van der Waals surface area contributed by atoms with Crippen LogP contribution in [0.3, 0.4) is 0 Å². The van der Waals surface area contributed by atoms with Gasteiger partial charge in [-0.15, -0.1) is 0 Å². The van der Waals surface area contributed by atoms with Crippen molar-refractivity contribution in [3.63, 3.8) is 0 Å². The summed E-state index contributed by atoms with van der Waals surface area (Å²) in [7, 11) is 0. The second-order valence-electron chi connectivity index (χ2n) is 3.52. The number of rotatable bonds is 5. The van der Waals surface area contributed by atoms with Gasteiger partial charge >= 0.3 is 0 Å². The number of hydrogen-bond donors (Lipinski definition) is 1. The number of aryl methyl sites for hydroxylation is 1. The lowest BCUT2D eigenvalue weighted by Gasteiger charge is -2.04. The Morgan fingerprint density at radius 3 is 2.87 bits per heavy atom. The third-order valence-electron chi connectivity index (χ3n) is 2.13. The first-order chi connectivity index (χ1) is 7.24. The van der Waals surface area contributed by atoms with E-state index < -0.39 is 0 Å². The summed E-state index contributed by atoms with van der Waals surface area (Å²) in [4.78, 5) is 11.6. The van der Waals surface area contributed by atoms with E-state index in [0.29, 0.717) is 0 Å². The summed E-state index contributed by atoms with van der Waals surface area (Å²) in [5.74, 6) is 0.0344. The highest BCUT2D eigenvalue weighted by molar-refractivity contribution is 14.1. The zero-order valence-corrected chi connectivity index (χ0v) is 11.1. The first-order valence-electron chi connectivity index (χ1n) is 5.15. The highest BCUT2D eigenvalue weighted by Gasteiger charge is 2.03. The molecule has 82 valence electrons. The van der Waals surface area contributed by atoms with Gasteiger partial charge in [0.25, 0.3) is 5.91 Å². The first-order valence-corrected chi connectivity index (χ1v) is 6.67. The van der Waals surface area contributed by atoms with Crippen LogP contribution in [-0.4, -0.2) is 16.9 Å². The number of benzene rings is 1. The molecule has 0 aliphatic rings. The summed E-state index contributed by atoms with van der Waals surface area (Å²) in [6.07, 6.45) is 2.22. The molecule has 0 saturated carbocycles. The van der Waals surface area contributed by atoms with E-state index in [1.807, 2.05) is 31.2 Å². The van der Waals surface area contributed by atoms with Crippen LogP contribution in [0.5, 0.6) is 0 Å². The number of hydrogen-bond acceptors (Lipinski definition) is 1. The zero-order chi connectivity index (χ0) is 11.1. The van der Waals surface area contributed by atoms with Crippen LogP contribution >= 0.6 is 22.6 Å². The van der Waals surface area contributed by atoms with Crippen molar-refractivity contribution >= 4 is 28.5 Å². The van der Waals surface area contributed by atoms with Crippen LogP contribution in [-0.2, 0) is 0 Å². The highest BCUT2D eigenvalue weighted by Crippen LogP contribution is 2.03. The van der Waals surface area contributed by atoms with Gasteiger partial charge in [0.1, 0.15) is 0 Å². The van der Waals surface area contributed by atoms with Crippen LogP contribution < -0.4 is 5.32 Å². The van der Waals surface area contributed by atoms with E-state index in [1.165, 1.54) is 0 Å². The quantitative estimate of drug-likeness (QED) is 0.505. The minimum absolute atomic E-state index is 0.0344. The van der Waals surface area contributed by atoms with Gasteiger partial charge in [-0.05, 0) is 36.3 Å². The number of amides is 1. The Hall–Kier alpha value is -0.580. The van der Waals surface area contributed by atoms with Crippen molar-refractivity contribution in [2.75, 3.05) is 11.0 Å². The number of unbranched alkanes of at least 4 members (excludes halogenated alkanes) is 1. The van der Waals surface area contributed by atoms with Crippen molar-refractivity contribution < 1.29 is 4.79 Å². The molecule has 0 aliphatic carbocycles. The molecule has 1 rings (SSSR count). The molecule has 0 atom stereocenters. The zero-order valence-electron chi connectivity index (χ0n) is 8.92. The molecule has 0 spiro atoms. The molecule has 3 heteroatoms. The monoisotopic (exact) mass is 317 g/mol. The summed E-state index contributed by atoms with van der Waals surface area (Å²) in [5.41, 5.74) is 1.87. The molecule has 0 aromatic heterocycles. The van der Waals surface area contributed by atoms with Crippen molar-refractivity contribution in [2.24, 2.45) is 0 Å². The number of carbonyl (C=O) groups is 1. The van der Waals surface area contributed by atoms with E-state index in [2.05, 4.69) is 27.9 Å². The van der Waals surface area contributed by atoms with E-state index in [0.717, 1.165) is 34.9 Å². The molecule has 15 heavy (non-hydrogen) atoms. The Morgan fingerprint density at radius 2 is 2.20 bits per heavy atom. The van der Waals surface area contributed by atoms with Crippen molar-refractivity contribution in [2.45, 2.75) is 19.8 Å². The fourth-order valence-electron chi connectivity index (χ4n) is 1.31. The van der Waals surface area contributed by atoms with Gasteiger partial charge in [0, 0.05) is 12.1 Å². The van der Waals surface area contributed by atoms with Crippen LogP contribution in [0.25, 0.3) is 0 Å². The minimum Gasteiger partial charge on any atom is -0.352 e. The lowest BCUT2D eigenvalue weighted by atomic mass is 10.1. The predicted octanol–water partition coefficient (Wildman–Crippen LogP) is 2.94. The first kappa shape index (κ1) is 12.5. The number of alkyl halides is 1. The molecular weight excluding hydrogens is 301 g/mol. The Kier molecular flexibility index (Phi) is 5.68. The molecule has 0 radical (unpaired) electrons. The lowest BCUT2D eigenvalue weighted by molar-refractivity contribution is 0.0953. The van der Waals surface area contributed by atoms with Gasteiger partial charge in [-0.25, -0.2) is 0 Å². The number of nitrogens with one attached hydrogen (secondary N) is 1. The second kappa shape index (κ2) is 6.82. The summed E-state index contributed by atoms with van der Waals surface area (Å²) in [5, 5.41) is 2.92. The lowest BCUT2D eigenvalue weighted by Crippen LogP contribution is -2.24. The maximum absolute atomic E-state index is 11.6. The van der Waals surface area contributed by atoms with Crippen LogP contribution in [0.4, 0.5) is 0 Å². The van der Waals surface area contributed by atoms with E-state index in [1.54, 1.807) is 0 Å². The standard InChI is InChI=1S/C12H16INO/c1-10-5-4-6-11(9-10)12(15)14-8-3-2-7-13/h4-6,9H,2-3,7-8H2,1H3,(H,14,15). The predicted molar refractivity (Wildman–Crippen MR) is 71.6 cm³/mol. The largest absolute Gasteiger partial charge is 0.352 e. The van der Waals surface area contributed by atoms with Gasteiger partial charge in [-0.1, -0.05) is 40.3 Å². The third kappa shape index (κ3) is 4.64. The van der Waals surface area contributed by atoms with Crippen molar-refractivity contribution in [3.8, 4) is 0 Å². The molecule has 1 N–H and O–H groups in total. The van der Waals surface area contributed by atoms with Crippen molar-refractivity contribution in [1.82, 2.24) is 5.32 Å². The average Bonchev–Trinajstić information content (AvgIpc) is 2.24. The maximum atomic E-state index is 11.6. The summed E-state index contributed by atoms with van der Waals surface area (Å²) >= 11 is 2.35. The molecule has 0 bridgehead atoms. The van der Waals surface area contributed by atoms with Gasteiger partial charge in [0.15, 0.2) is 0 Å². The smallest absolute Gasteiger partial charge is 0.251 e. The number of halogens is 1. The summed E-state index contributed by atoms with van der Waals surface area (Å²) < 4.78 is 1.15. The van der Waals surface area contributed by atoms with Gasteiger partial charge in [-0.3, -0.25) is 4.79 Å². The molecule has 1 amide bonds. The van der Waals surface area contributed by atoms with Gasteiger partial charge in [0.2, 0.25) is 0 Å². The van der Waals surface area contributed by atoms with E-state index >= 15 is 0 Å². The van der Waals surface area contributed by atoms with Gasteiger partial charge in [0.05, 0.1) is 0 Å². The Morgan fingerprint density at radius 1 is 1.40 bits per heavy atom. The second-order valence-corrected chi connectivity index (χ2v) is 4.60. The fraction of sp³-hybridized carbons (Fsp3) is 0.417. The van der Waals surface area contributed by atoms with Crippen LogP contribution in [0, 0.1) is 6.92 Å². The Bertz CT molecular complexity index is 325. The summed E-state index contributed by atoms with van der Waals surface area (Å²) in [6.45, 7) is 2.77. The topological polar surface area (TPSA) is 29.1 Å². The van der Waals surface area contributed by atoms with Crippen LogP contribution in [0.1, 0.15) is 28.8 Å². The maximum Gasteiger partial charge on any atom is 0.251 e. The average molecular weight is 317 g/mol. The van der Waals surface area contributed by atoms with Crippen molar-refractivity contribution in [1.29, 1.82) is 0 Å². The highest BCUT2D eigenvalue weighted by atomic mass is 127. The molecular formula is C12H16INO. The van der Waals surface area contributed by atoms with Crippen LogP contribution in [0.2, 0.25) is 0 Å². The molecule has 0 fully saturated rings. The molecule has 1 aromatic rings. The molecule has 1 aromatic carbocycles. The van der Waals surface area contributed by atoms with E-state index in [4.69, 9.17) is 0 Å². The molecule has 0 aliphatic heterocycles. The number of carbonyl (C=O) groups excluding carboxylic acids is 1. The molecule has 0 unspecified atom stereocenters. The Labute approximate surface area is 105 Å². The van der Waals surface area contributed by atoms with Gasteiger partial charge < -0.3 is 5.32 Å².